The first-order valence-corrected chi connectivity index (χ1v) is 26.3. The summed E-state index contributed by atoms with van der Waals surface area (Å²) in [6, 6.07) is 0. The van der Waals surface area contributed by atoms with Gasteiger partial charge in [0.1, 0.15) is 13.2 Å². The van der Waals surface area contributed by atoms with Crippen molar-refractivity contribution in [2.75, 3.05) is 13.2 Å². The molecule has 0 bridgehead atoms. The Morgan fingerprint density at radius 3 is 0.950 bits per heavy atom. The fraction of sp³-hybridized carbons (Fsp3) is 0.870. The largest absolute Gasteiger partial charge is 0.462 e. The van der Waals surface area contributed by atoms with Crippen molar-refractivity contribution in [1.82, 2.24) is 0 Å². The third-order valence-electron chi connectivity index (χ3n) is 11.7. The smallest absolute Gasteiger partial charge is 0.306 e. The number of carbonyl (C=O) groups is 3. The minimum Gasteiger partial charge on any atom is -0.462 e. The monoisotopic (exact) mass is 845 g/mol. The normalized spacial score (nSPS) is 12.1. The quantitative estimate of drug-likeness (QED) is 0.0263. The van der Waals surface area contributed by atoms with E-state index in [1.165, 1.54) is 180 Å². The van der Waals surface area contributed by atoms with E-state index in [9.17, 15) is 14.4 Å². The van der Waals surface area contributed by atoms with Gasteiger partial charge in [0.25, 0.3) is 0 Å². The van der Waals surface area contributed by atoms with Gasteiger partial charge in [0.2, 0.25) is 0 Å². The van der Waals surface area contributed by atoms with E-state index in [2.05, 4.69) is 45.1 Å². The Hall–Kier alpha value is -2.11. The number of rotatable bonds is 48. The van der Waals surface area contributed by atoms with Crippen molar-refractivity contribution in [3.8, 4) is 0 Å². The lowest BCUT2D eigenvalue weighted by Crippen LogP contribution is -2.30. The van der Waals surface area contributed by atoms with Crippen molar-refractivity contribution in [2.45, 2.75) is 290 Å². The second-order valence-electron chi connectivity index (χ2n) is 17.8. The van der Waals surface area contributed by atoms with E-state index in [0.29, 0.717) is 19.3 Å². The molecule has 6 heteroatoms. The number of esters is 3. The molecule has 6 nitrogen and oxygen atoms in total. The highest BCUT2D eigenvalue weighted by atomic mass is 16.6. The van der Waals surface area contributed by atoms with Gasteiger partial charge < -0.3 is 14.2 Å². The van der Waals surface area contributed by atoms with Crippen LogP contribution < -0.4 is 0 Å². The van der Waals surface area contributed by atoms with E-state index in [4.69, 9.17) is 14.2 Å². The van der Waals surface area contributed by atoms with E-state index in [1.54, 1.807) is 0 Å². The second-order valence-corrected chi connectivity index (χ2v) is 17.8. The third kappa shape index (κ3) is 46.9. The molecule has 0 aliphatic carbocycles. The summed E-state index contributed by atoms with van der Waals surface area (Å²) in [6.07, 6.45) is 55.9. The number of unbranched alkanes of at least 4 members (excludes halogenated alkanes) is 33. The first kappa shape index (κ1) is 57.9. The van der Waals surface area contributed by atoms with Crippen LogP contribution in [-0.2, 0) is 28.6 Å². The molecule has 1 atom stereocenters. The standard InChI is InChI=1S/C54H100O6/c1-4-7-10-13-16-19-22-24-25-26-27-28-29-31-32-35-38-41-44-47-53(56)59-50-51(49-58-52(55)46-43-40-37-34-21-18-15-12-9-6-3)60-54(57)48-45-42-39-36-33-30-23-20-17-14-11-8-5-2/h16,19,24-25,51H,4-15,17-18,20-23,26-50H2,1-3H3/b19-16-,25-24-. The zero-order valence-corrected chi connectivity index (χ0v) is 40.2. The van der Waals surface area contributed by atoms with Crippen LogP contribution in [0.5, 0.6) is 0 Å². The molecule has 0 heterocycles. The number of allylic oxidation sites excluding steroid dienone is 4. The molecular formula is C54H100O6. The van der Waals surface area contributed by atoms with Crippen LogP contribution in [0.4, 0.5) is 0 Å². The zero-order chi connectivity index (χ0) is 43.7. The zero-order valence-electron chi connectivity index (χ0n) is 40.2. The van der Waals surface area contributed by atoms with Crippen LogP contribution in [0.15, 0.2) is 24.3 Å². The Morgan fingerprint density at radius 2 is 0.600 bits per heavy atom. The van der Waals surface area contributed by atoms with Crippen LogP contribution >= 0.6 is 0 Å². The molecule has 0 N–H and O–H groups in total. The summed E-state index contributed by atoms with van der Waals surface area (Å²) in [6.45, 7) is 6.62. The van der Waals surface area contributed by atoms with Crippen LogP contribution in [0.25, 0.3) is 0 Å². The molecule has 0 spiro atoms. The summed E-state index contributed by atoms with van der Waals surface area (Å²) < 4.78 is 16.8. The summed E-state index contributed by atoms with van der Waals surface area (Å²) in [5, 5.41) is 0. The molecule has 0 aromatic heterocycles. The van der Waals surface area contributed by atoms with Gasteiger partial charge in [-0.2, -0.15) is 0 Å². The first-order valence-electron chi connectivity index (χ1n) is 26.3. The maximum atomic E-state index is 12.8. The summed E-state index contributed by atoms with van der Waals surface area (Å²) in [5.41, 5.74) is 0. The molecule has 1 unspecified atom stereocenters. The van der Waals surface area contributed by atoms with E-state index in [1.807, 2.05) is 0 Å². The molecule has 0 rings (SSSR count). The van der Waals surface area contributed by atoms with Gasteiger partial charge in [-0.25, -0.2) is 0 Å². The topological polar surface area (TPSA) is 78.9 Å². The molecule has 0 aliphatic heterocycles. The summed E-state index contributed by atoms with van der Waals surface area (Å²) in [4.78, 5) is 37.9. The Labute approximate surface area is 373 Å². The highest BCUT2D eigenvalue weighted by Crippen LogP contribution is 2.16. The van der Waals surface area contributed by atoms with Crippen molar-refractivity contribution < 1.29 is 28.6 Å². The van der Waals surface area contributed by atoms with Gasteiger partial charge in [0.05, 0.1) is 0 Å². The number of hydrogen-bond acceptors (Lipinski definition) is 6. The first-order chi connectivity index (χ1) is 29.5. The minimum atomic E-state index is -0.765. The minimum absolute atomic E-state index is 0.0677. The molecule has 0 amide bonds. The van der Waals surface area contributed by atoms with Crippen LogP contribution in [0.1, 0.15) is 284 Å². The van der Waals surface area contributed by atoms with Crippen LogP contribution in [-0.4, -0.2) is 37.2 Å². The predicted octanol–water partition coefficient (Wildman–Crippen LogP) is 17.2. The molecule has 0 aromatic rings. The van der Waals surface area contributed by atoms with Gasteiger partial charge in [-0.1, -0.05) is 238 Å². The fourth-order valence-corrected chi connectivity index (χ4v) is 7.71. The summed E-state index contributed by atoms with van der Waals surface area (Å²) >= 11 is 0. The van der Waals surface area contributed by atoms with Gasteiger partial charge in [-0.15, -0.1) is 0 Å². The average Bonchev–Trinajstić information content (AvgIpc) is 3.24. The highest BCUT2D eigenvalue weighted by molar-refractivity contribution is 5.71. The molecule has 0 saturated heterocycles. The SMILES string of the molecule is CCCCC/C=C\C/C=C\CCCCCCCCCCCC(=O)OCC(COC(=O)CCCCCCCCCCCC)OC(=O)CCCCCCCCCCCCCCC. The Balaban J connectivity index is 4.27. The second kappa shape index (κ2) is 49.5. The maximum Gasteiger partial charge on any atom is 0.306 e. The lowest BCUT2D eigenvalue weighted by Gasteiger charge is -2.18. The maximum absolute atomic E-state index is 12.8. The highest BCUT2D eigenvalue weighted by Gasteiger charge is 2.19. The van der Waals surface area contributed by atoms with Gasteiger partial charge in [-0.05, 0) is 51.4 Å². The Bertz CT molecular complexity index is 973. The van der Waals surface area contributed by atoms with Crippen molar-refractivity contribution in [1.29, 1.82) is 0 Å². The molecule has 0 aromatic carbocycles. The summed E-state index contributed by atoms with van der Waals surface area (Å²) in [7, 11) is 0. The van der Waals surface area contributed by atoms with Crippen LogP contribution in [0.3, 0.4) is 0 Å². The Kier molecular flexibility index (Phi) is 47.8. The molecule has 0 saturated carbocycles. The van der Waals surface area contributed by atoms with Crippen LogP contribution in [0.2, 0.25) is 0 Å². The number of hydrogen-bond donors (Lipinski definition) is 0. The van der Waals surface area contributed by atoms with E-state index < -0.39 is 6.10 Å². The molecule has 60 heavy (non-hydrogen) atoms. The fourth-order valence-electron chi connectivity index (χ4n) is 7.71. The van der Waals surface area contributed by atoms with E-state index >= 15 is 0 Å². The summed E-state index contributed by atoms with van der Waals surface area (Å²) in [5.74, 6) is -0.859. The van der Waals surface area contributed by atoms with Crippen molar-refractivity contribution >= 4 is 17.9 Å². The van der Waals surface area contributed by atoms with Gasteiger partial charge in [0.15, 0.2) is 6.10 Å². The molecule has 0 radical (unpaired) electrons. The van der Waals surface area contributed by atoms with Crippen molar-refractivity contribution in [2.24, 2.45) is 0 Å². The lowest BCUT2D eigenvalue weighted by atomic mass is 10.0. The predicted molar refractivity (Wildman–Crippen MR) is 256 cm³/mol. The molecular weight excluding hydrogens is 745 g/mol. The third-order valence-corrected chi connectivity index (χ3v) is 11.7. The molecule has 0 aliphatic rings. The average molecular weight is 845 g/mol. The number of ether oxygens (including phenoxy) is 3. The van der Waals surface area contributed by atoms with E-state index in [0.717, 1.165) is 64.2 Å². The van der Waals surface area contributed by atoms with Gasteiger partial charge >= 0.3 is 17.9 Å². The molecule has 352 valence electrons. The van der Waals surface area contributed by atoms with Crippen LogP contribution in [0, 0.1) is 0 Å². The van der Waals surface area contributed by atoms with E-state index in [-0.39, 0.29) is 31.1 Å². The van der Waals surface area contributed by atoms with Gasteiger partial charge in [0, 0.05) is 19.3 Å². The van der Waals surface area contributed by atoms with Gasteiger partial charge in [-0.3, -0.25) is 14.4 Å². The van der Waals surface area contributed by atoms with Crippen molar-refractivity contribution in [3.63, 3.8) is 0 Å². The molecule has 0 fully saturated rings. The lowest BCUT2D eigenvalue weighted by molar-refractivity contribution is -0.167. The van der Waals surface area contributed by atoms with Crippen molar-refractivity contribution in [3.05, 3.63) is 24.3 Å². The number of carbonyl (C=O) groups excluding carboxylic acids is 3. The Morgan fingerprint density at radius 1 is 0.333 bits per heavy atom.